The molecular weight excluding hydrogens is 490 g/mol. The van der Waals surface area contributed by atoms with Crippen molar-refractivity contribution in [3.05, 3.63) is 93.0 Å². The Bertz CT molecular complexity index is 1560. The van der Waals surface area contributed by atoms with Crippen LogP contribution in [0, 0.1) is 20.8 Å². The number of carbonyl (C=O) groups excluding carboxylic acids is 2. The molecule has 0 aliphatic carbocycles. The van der Waals surface area contributed by atoms with Gasteiger partial charge in [0.05, 0.1) is 12.6 Å². The first kappa shape index (κ1) is 26.6. The number of carbonyl (C=O) groups is 2. The molecule has 2 heterocycles. The molecule has 3 aromatic carbocycles. The predicted molar refractivity (Wildman–Crippen MR) is 150 cm³/mol. The van der Waals surface area contributed by atoms with Crippen molar-refractivity contribution in [3.8, 4) is 0 Å². The van der Waals surface area contributed by atoms with Gasteiger partial charge in [0.15, 0.2) is 0 Å². The van der Waals surface area contributed by atoms with Crippen molar-refractivity contribution in [2.45, 2.75) is 59.5 Å². The summed E-state index contributed by atoms with van der Waals surface area (Å²) in [4.78, 5) is 32.9. The minimum atomic E-state index is -0.215. The van der Waals surface area contributed by atoms with Crippen LogP contribution in [0.25, 0.3) is 11.0 Å². The van der Waals surface area contributed by atoms with Crippen molar-refractivity contribution < 1.29 is 14.4 Å². The fraction of sp³-hybridized carbons (Fsp3) is 0.355. The average Bonchev–Trinajstić information content (AvgIpc) is 3.37. The average molecular weight is 526 g/mol. The van der Waals surface area contributed by atoms with Gasteiger partial charge < -0.3 is 4.90 Å². The first-order valence-electron chi connectivity index (χ1n) is 13.4. The van der Waals surface area contributed by atoms with Crippen LogP contribution in [0.15, 0.2) is 48.5 Å². The summed E-state index contributed by atoms with van der Waals surface area (Å²) in [6.45, 7) is 10.1. The Kier molecular flexibility index (Phi) is 7.48. The maximum absolute atomic E-state index is 13.4. The molecule has 1 aromatic heterocycles. The Hall–Kier alpha value is -4.04. The van der Waals surface area contributed by atoms with Gasteiger partial charge >= 0.3 is 0 Å². The number of amides is 2. The van der Waals surface area contributed by atoms with E-state index in [2.05, 4.69) is 47.0 Å². The number of hydrogen-bond donors (Lipinski definition) is 1. The number of fused-ring (bicyclic) bond motifs is 2. The monoisotopic (exact) mass is 525 g/mol. The molecule has 0 bridgehead atoms. The first-order chi connectivity index (χ1) is 18.8. The molecule has 1 atom stereocenters. The Balaban J connectivity index is 1.50. The van der Waals surface area contributed by atoms with E-state index in [1.54, 1.807) is 0 Å². The molecule has 0 fully saturated rings. The smallest absolute Gasteiger partial charge is 0.254 e. The van der Waals surface area contributed by atoms with Crippen LogP contribution in [0.2, 0.25) is 0 Å². The lowest BCUT2D eigenvalue weighted by atomic mass is 9.83. The highest BCUT2D eigenvalue weighted by molar-refractivity contribution is 5.94. The van der Waals surface area contributed by atoms with Crippen molar-refractivity contribution in [2.75, 3.05) is 13.7 Å². The third-order valence-corrected chi connectivity index (χ3v) is 7.95. The van der Waals surface area contributed by atoms with Gasteiger partial charge in [-0.2, -0.15) is 0 Å². The standard InChI is InChI=1S/C31H35N5O3/c1-6-36-28-12-11-26(21(4)30(28)32-34-36)27(17-29(37)33-39-5)23-10-9-22-13-14-35(18-25(22)16-23)31(38)24-8-7-19(2)20(3)15-24/h7-12,15-16,27H,6,13-14,17-18H2,1-5H3,(H,33,37). The van der Waals surface area contributed by atoms with E-state index in [1.165, 1.54) is 18.2 Å². The van der Waals surface area contributed by atoms with Crippen molar-refractivity contribution in [3.63, 3.8) is 0 Å². The molecule has 1 aliphatic heterocycles. The van der Waals surface area contributed by atoms with Crippen LogP contribution >= 0.6 is 0 Å². The largest absolute Gasteiger partial charge is 0.334 e. The van der Waals surface area contributed by atoms with E-state index in [-0.39, 0.29) is 24.2 Å². The van der Waals surface area contributed by atoms with E-state index < -0.39 is 0 Å². The summed E-state index contributed by atoms with van der Waals surface area (Å²) in [7, 11) is 1.44. The Labute approximate surface area is 228 Å². The minimum absolute atomic E-state index is 0.0467. The normalized spacial score (nSPS) is 13.8. The van der Waals surface area contributed by atoms with E-state index in [0.717, 1.165) is 57.4 Å². The van der Waals surface area contributed by atoms with Crippen LogP contribution in [0.1, 0.15) is 68.6 Å². The zero-order valence-electron chi connectivity index (χ0n) is 23.2. The molecule has 0 spiro atoms. The van der Waals surface area contributed by atoms with Gasteiger partial charge in [-0.3, -0.25) is 14.4 Å². The van der Waals surface area contributed by atoms with Crippen molar-refractivity contribution in [2.24, 2.45) is 0 Å². The highest BCUT2D eigenvalue weighted by Gasteiger charge is 2.26. The third-order valence-electron chi connectivity index (χ3n) is 7.95. The van der Waals surface area contributed by atoms with Gasteiger partial charge in [0.1, 0.15) is 5.52 Å². The van der Waals surface area contributed by atoms with Gasteiger partial charge in [0.25, 0.3) is 5.91 Å². The molecule has 0 saturated carbocycles. The summed E-state index contributed by atoms with van der Waals surface area (Å²) in [6, 6.07) is 16.4. The maximum atomic E-state index is 13.4. The van der Waals surface area contributed by atoms with Crippen molar-refractivity contribution in [1.29, 1.82) is 0 Å². The van der Waals surface area contributed by atoms with E-state index in [0.29, 0.717) is 13.1 Å². The van der Waals surface area contributed by atoms with Crippen LogP contribution < -0.4 is 5.48 Å². The molecule has 8 heteroatoms. The van der Waals surface area contributed by atoms with Crippen LogP contribution in [0.4, 0.5) is 0 Å². The predicted octanol–water partition coefficient (Wildman–Crippen LogP) is 4.77. The second-order valence-corrected chi connectivity index (χ2v) is 10.3. The molecule has 39 heavy (non-hydrogen) atoms. The summed E-state index contributed by atoms with van der Waals surface area (Å²) >= 11 is 0. The lowest BCUT2D eigenvalue weighted by Gasteiger charge is -2.30. The summed E-state index contributed by atoms with van der Waals surface area (Å²) in [5, 5.41) is 8.71. The van der Waals surface area contributed by atoms with Gasteiger partial charge in [0, 0.05) is 37.5 Å². The van der Waals surface area contributed by atoms with Gasteiger partial charge in [0.2, 0.25) is 5.91 Å². The van der Waals surface area contributed by atoms with Gasteiger partial charge in [-0.15, -0.1) is 5.10 Å². The Morgan fingerprint density at radius 1 is 1.03 bits per heavy atom. The zero-order chi connectivity index (χ0) is 27.7. The summed E-state index contributed by atoms with van der Waals surface area (Å²) < 4.78 is 1.87. The van der Waals surface area contributed by atoms with Crippen LogP contribution in [-0.2, 0) is 29.1 Å². The molecule has 0 radical (unpaired) electrons. The Morgan fingerprint density at radius 2 is 1.85 bits per heavy atom. The number of hydroxylamine groups is 1. The highest BCUT2D eigenvalue weighted by atomic mass is 16.6. The topological polar surface area (TPSA) is 89.3 Å². The number of aryl methyl sites for hydroxylation is 4. The van der Waals surface area contributed by atoms with Gasteiger partial charge in [-0.1, -0.05) is 35.5 Å². The number of aromatic nitrogens is 3. The molecule has 2 amide bonds. The fourth-order valence-corrected chi connectivity index (χ4v) is 5.57. The molecule has 1 aliphatic rings. The molecule has 8 nitrogen and oxygen atoms in total. The Morgan fingerprint density at radius 3 is 2.59 bits per heavy atom. The quantitative estimate of drug-likeness (QED) is 0.351. The van der Waals surface area contributed by atoms with Crippen molar-refractivity contribution >= 4 is 22.8 Å². The second-order valence-electron chi connectivity index (χ2n) is 10.3. The van der Waals surface area contributed by atoms with Crippen LogP contribution in [0.3, 0.4) is 0 Å². The molecule has 202 valence electrons. The number of rotatable bonds is 7. The minimum Gasteiger partial charge on any atom is -0.334 e. The summed E-state index contributed by atoms with van der Waals surface area (Å²) in [6.07, 6.45) is 1.01. The molecule has 5 rings (SSSR count). The molecule has 4 aromatic rings. The SMILES string of the molecule is CCn1nnc2c(C)c(C(CC(=O)NOC)c3ccc4c(c3)CN(C(=O)c3ccc(C)c(C)c3)CC4)ccc21. The number of nitrogens with one attached hydrogen (secondary N) is 1. The van der Waals surface area contributed by atoms with E-state index in [1.807, 2.05) is 54.6 Å². The number of hydrogen-bond acceptors (Lipinski definition) is 5. The molecular formula is C31H35N5O3. The summed E-state index contributed by atoms with van der Waals surface area (Å²) in [5.74, 6) is -0.374. The lowest BCUT2D eigenvalue weighted by molar-refractivity contribution is -0.131. The molecule has 1 N–H and O–H groups in total. The molecule has 0 saturated heterocycles. The lowest BCUT2D eigenvalue weighted by Crippen LogP contribution is -2.36. The van der Waals surface area contributed by atoms with Gasteiger partial charge in [-0.25, -0.2) is 10.2 Å². The van der Waals surface area contributed by atoms with E-state index >= 15 is 0 Å². The second kappa shape index (κ2) is 11.0. The first-order valence-corrected chi connectivity index (χ1v) is 13.4. The van der Waals surface area contributed by atoms with Gasteiger partial charge in [-0.05, 0) is 91.3 Å². The highest BCUT2D eigenvalue weighted by Crippen LogP contribution is 2.35. The fourth-order valence-electron chi connectivity index (χ4n) is 5.57. The third kappa shape index (κ3) is 5.16. The number of benzene rings is 3. The van der Waals surface area contributed by atoms with Crippen LogP contribution in [-0.4, -0.2) is 45.4 Å². The van der Waals surface area contributed by atoms with Crippen LogP contribution in [0.5, 0.6) is 0 Å². The van der Waals surface area contributed by atoms with Crippen molar-refractivity contribution in [1.82, 2.24) is 25.4 Å². The zero-order valence-corrected chi connectivity index (χ0v) is 23.2. The molecule has 1 unspecified atom stereocenters. The van der Waals surface area contributed by atoms with E-state index in [4.69, 9.17) is 4.84 Å². The summed E-state index contributed by atoms with van der Waals surface area (Å²) in [5.41, 5.74) is 12.7. The number of nitrogens with zero attached hydrogens (tertiary/aromatic N) is 4. The maximum Gasteiger partial charge on any atom is 0.254 e. The van der Waals surface area contributed by atoms with E-state index in [9.17, 15) is 9.59 Å².